The molecule has 0 aromatic carbocycles. The Hall–Kier alpha value is -0.440. The van der Waals surface area contributed by atoms with Crippen LogP contribution in [0.5, 0.6) is 0 Å². The summed E-state index contributed by atoms with van der Waals surface area (Å²) >= 11 is 2.02. The summed E-state index contributed by atoms with van der Waals surface area (Å²) in [5.74, 6) is 3.10. The van der Waals surface area contributed by atoms with E-state index in [9.17, 15) is 4.79 Å². The average molecular weight is 214 g/mol. The van der Waals surface area contributed by atoms with Crippen LogP contribution < -0.4 is 0 Å². The molecule has 0 saturated carbocycles. The number of ether oxygens (including phenoxy) is 1. The van der Waals surface area contributed by atoms with E-state index < -0.39 is 0 Å². The van der Waals surface area contributed by atoms with Crippen molar-refractivity contribution in [3.8, 4) is 0 Å². The lowest BCUT2D eigenvalue weighted by molar-refractivity contribution is -0.139. The number of carbonyl (C=O) groups is 1. The van der Waals surface area contributed by atoms with Crippen LogP contribution in [0.4, 0.5) is 0 Å². The van der Waals surface area contributed by atoms with E-state index in [1.54, 1.807) is 0 Å². The third kappa shape index (κ3) is 4.18. The van der Waals surface area contributed by atoms with Gasteiger partial charge in [-0.15, -0.1) is 0 Å². The van der Waals surface area contributed by atoms with Crippen molar-refractivity contribution in [1.82, 2.24) is 0 Å². The van der Waals surface area contributed by atoms with Crippen LogP contribution in [0.3, 0.4) is 0 Å². The molecule has 2 nitrogen and oxygen atoms in total. The zero-order valence-corrected chi connectivity index (χ0v) is 9.57. The lowest BCUT2D eigenvalue weighted by Crippen LogP contribution is -2.11. The Morgan fingerprint density at radius 1 is 1.50 bits per heavy atom. The van der Waals surface area contributed by atoms with Crippen molar-refractivity contribution in [2.24, 2.45) is 5.92 Å². The molecule has 0 aliphatic carbocycles. The average Bonchev–Trinajstić information content (AvgIpc) is 2.19. The number of esters is 1. The van der Waals surface area contributed by atoms with Crippen LogP contribution in [-0.2, 0) is 9.53 Å². The first kappa shape index (κ1) is 11.6. The molecule has 0 atom stereocenters. The van der Waals surface area contributed by atoms with E-state index in [0.29, 0.717) is 6.42 Å². The molecule has 0 bridgehead atoms. The van der Waals surface area contributed by atoms with E-state index >= 15 is 0 Å². The minimum atomic E-state index is -0.166. The van der Waals surface area contributed by atoms with Gasteiger partial charge in [0.15, 0.2) is 0 Å². The van der Waals surface area contributed by atoms with Crippen molar-refractivity contribution >= 4 is 17.7 Å². The Labute approximate surface area is 90.1 Å². The molecular weight excluding hydrogens is 196 g/mol. The van der Waals surface area contributed by atoms with E-state index in [-0.39, 0.29) is 5.97 Å². The molecule has 80 valence electrons. The molecule has 1 aliphatic rings. The van der Waals surface area contributed by atoms with Crippen LogP contribution in [0.1, 0.15) is 25.7 Å². The maximum Gasteiger partial charge on any atom is 0.309 e. The quantitative estimate of drug-likeness (QED) is 0.531. The highest BCUT2D eigenvalue weighted by molar-refractivity contribution is 7.99. The van der Waals surface area contributed by atoms with Crippen LogP contribution in [0, 0.1) is 5.92 Å². The zero-order chi connectivity index (χ0) is 10.4. The normalized spacial score (nSPS) is 17.8. The minimum Gasteiger partial charge on any atom is -0.469 e. The van der Waals surface area contributed by atoms with Crippen molar-refractivity contribution < 1.29 is 9.53 Å². The van der Waals surface area contributed by atoms with Gasteiger partial charge in [-0.2, -0.15) is 11.8 Å². The molecule has 1 rings (SSSR count). The monoisotopic (exact) mass is 214 g/mol. The molecule has 1 aliphatic heterocycles. The number of rotatable bonds is 4. The smallest absolute Gasteiger partial charge is 0.309 e. The summed E-state index contributed by atoms with van der Waals surface area (Å²) in [6, 6.07) is 0. The lowest BCUT2D eigenvalue weighted by atomic mass is 9.93. The van der Waals surface area contributed by atoms with Crippen LogP contribution in [-0.4, -0.2) is 24.6 Å². The largest absolute Gasteiger partial charge is 0.469 e. The topological polar surface area (TPSA) is 26.3 Å². The number of carbonyl (C=O) groups excluding carboxylic acids is 1. The maximum absolute atomic E-state index is 11.0. The Morgan fingerprint density at radius 3 is 2.71 bits per heavy atom. The SMILES string of the molecule is C=C(CC(=O)OC)CC1CCSCC1. The second kappa shape index (κ2) is 6.12. The Bertz CT molecular complexity index is 207. The molecular formula is C11H18O2S. The van der Waals surface area contributed by atoms with Gasteiger partial charge in [0, 0.05) is 0 Å². The van der Waals surface area contributed by atoms with Gasteiger partial charge in [0.05, 0.1) is 13.5 Å². The summed E-state index contributed by atoms with van der Waals surface area (Å²) in [5.41, 5.74) is 1.02. The third-order valence-electron chi connectivity index (χ3n) is 2.54. The summed E-state index contributed by atoms with van der Waals surface area (Å²) in [6.45, 7) is 3.93. The standard InChI is InChI=1S/C11H18O2S/c1-9(8-11(12)13-2)7-10-3-5-14-6-4-10/h10H,1,3-8H2,2H3. The van der Waals surface area contributed by atoms with Crippen LogP contribution in [0.15, 0.2) is 12.2 Å². The van der Waals surface area contributed by atoms with E-state index in [2.05, 4.69) is 11.3 Å². The molecule has 0 unspecified atom stereocenters. The summed E-state index contributed by atoms with van der Waals surface area (Å²) in [6.07, 6.45) is 3.92. The fraction of sp³-hybridized carbons (Fsp3) is 0.727. The second-order valence-corrected chi connectivity index (χ2v) is 4.99. The molecule has 0 aromatic rings. The highest BCUT2D eigenvalue weighted by atomic mass is 32.2. The van der Waals surface area contributed by atoms with Crippen molar-refractivity contribution in [3.63, 3.8) is 0 Å². The first-order chi connectivity index (χ1) is 6.72. The third-order valence-corrected chi connectivity index (χ3v) is 3.59. The van der Waals surface area contributed by atoms with Crippen LogP contribution in [0.25, 0.3) is 0 Å². The van der Waals surface area contributed by atoms with Gasteiger partial charge in [0.1, 0.15) is 0 Å². The Kier molecular flexibility index (Phi) is 5.09. The van der Waals surface area contributed by atoms with Gasteiger partial charge in [-0.05, 0) is 36.7 Å². The molecule has 0 amide bonds. The second-order valence-electron chi connectivity index (χ2n) is 3.76. The van der Waals surface area contributed by atoms with E-state index in [4.69, 9.17) is 0 Å². The Balaban J connectivity index is 2.21. The van der Waals surface area contributed by atoms with Crippen LogP contribution >= 0.6 is 11.8 Å². The molecule has 0 aromatic heterocycles. The predicted molar refractivity (Wildman–Crippen MR) is 60.4 cm³/mol. The van der Waals surface area contributed by atoms with Gasteiger partial charge in [-0.25, -0.2) is 0 Å². The summed E-state index contributed by atoms with van der Waals surface area (Å²) in [7, 11) is 1.42. The van der Waals surface area contributed by atoms with Crippen molar-refractivity contribution in [3.05, 3.63) is 12.2 Å². The first-order valence-electron chi connectivity index (χ1n) is 5.03. The first-order valence-corrected chi connectivity index (χ1v) is 6.19. The molecule has 14 heavy (non-hydrogen) atoms. The van der Waals surface area contributed by atoms with Gasteiger partial charge in [-0.3, -0.25) is 4.79 Å². The predicted octanol–water partition coefficient (Wildman–Crippen LogP) is 2.64. The maximum atomic E-state index is 11.0. The Morgan fingerprint density at radius 2 is 2.14 bits per heavy atom. The highest BCUT2D eigenvalue weighted by Gasteiger charge is 2.15. The number of thioether (sulfide) groups is 1. The molecule has 3 heteroatoms. The van der Waals surface area contributed by atoms with E-state index in [1.165, 1.54) is 31.5 Å². The van der Waals surface area contributed by atoms with Crippen LogP contribution in [0.2, 0.25) is 0 Å². The molecule has 1 heterocycles. The van der Waals surface area contributed by atoms with E-state index in [1.807, 2.05) is 11.8 Å². The number of hydrogen-bond donors (Lipinski definition) is 0. The highest BCUT2D eigenvalue weighted by Crippen LogP contribution is 2.28. The molecule has 0 N–H and O–H groups in total. The lowest BCUT2D eigenvalue weighted by Gasteiger charge is -2.21. The van der Waals surface area contributed by atoms with Crippen molar-refractivity contribution in [2.45, 2.75) is 25.7 Å². The molecule has 1 fully saturated rings. The number of methoxy groups -OCH3 is 1. The van der Waals surface area contributed by atoms with Gasteiger partial charge in [0.2, 0.25) is 0 Å². The van der Waals surface area contributed by atoms with Crippen molar-refractivity contribution in [2.75, 3.05) is 18.6 Å². The molecule has 1 saturated heterocycles. The number of hydrogen-bond acceptors (Lipinski definition) is 3. The summed E-state index contributed by atoms with van der Waals surface area (Å²) < 4.78 is 4.61. The fourth-order valence-corrected chi connectivity index (χ4v) is 2.91. The fourth-order valence-electron chi connectivity index (χ4n) is 1.71. The van der Waals surface area contributed by atoms with Gasteiger partial charge in [0.25, 0.3) is 0 Å². The van der Waals surface area contributed by atoms with Gasteiger partial charge in [-0.1, -0.05) is 12.2 Å². The molecule has 0 spiro atoms. The van der Waals surface area contributed by atoms with Crippen molar-refractivity contribution in [1.29, 1.82) is 0 Å². The van der Waals surface area contributed by atoms with Gasteiger partial charge >= 0.3 is 5.97 Å². The minimum absolute atomic E-state index is 0.166. The summed E-state index contributed by atoms with van der Waals surface area (Å²) in [4.78, 5) is 11.0. The van der Waals surface area contributed by atoms with Gasteiger partial charge < -0.3 is 4.74 Å². The molecule has 0 radical (unpaired) electrons. The zero-order valence-electron chi connectivity index (χ0n) is 8.75. The summed E-state index contributed by atoms with van der Waals surface area (Å²) in [5, 5.41) is 0. The van der Waals surface area contributed by atoms with E-state index in [0.717, 1.165) is 17.9 Å².